The highest BCUT2D eigenvalue weighted by atomic mass is 32.3. The van der Waals surface area contributed by atoms with Gasteiger partial charge in [0.05, 0.1) is 13.2 Å². The monoisotopic (exact) mass is 1130 g/mol. The minimum absolute atomic E-state index is 0.828. The van der Waals surface area contributed by atoms with Crippen LogP contribution in [0.1, 0.15) is 13.8 Å². The number of carbonyl (C=O) groups is 5. The molecule has 25 atom stereocenters. The Hall–Kier alpha value is -3.67. The van der Waals surface area contributed by atoms with Crippen molar-refractivity contribution < 1.29 is 167 Å². The van der Waals surface area contributed by atoms with Crippen LogP contribution in [0.5, 0.6) is 0 Å². The fourth-order valence-corrected chi connectivity index (χ4v) is 8.83. The third-order valence-electron chi connectivity index (χ3n) is 11.6. The van der Waals surface area contributed by atoms with Gasteiger partial charge in [0.1, 0.15) is 104 Å². The number of methoxy groups -OCH3 is 1. The summed E-state index contributed by atoms with van der Waals surface area (Å²) in [5, 5.41) is 133. The van der Waals surface area contributed by atoms with Crippen LogP contribution in [0.3, 0.4) is 0 Å². The van der Waals surface area contributed by atoms with E-state index in [0.29, 0.717) is 0 Å². The number of carboxylic acid groups (broad SMARTS) is 3. The summed E-state index contributed by atoms with van der Waals surface area (Å²) in [6, 6.07) is -4.18. The van der Waals surface area contributed by atoms with Gasteiger partial charge in [-0.2, -0.15) is 16.8 Å². The van der Waals surface area contributed by atoms with Crippen molar-refractivity contribution in [3.05, 3.63) is 0 Å². The Morgan fingerprint density at radius 2 is 0.757 bits per heavy atom. The van der Waals surface area contributed by atoms with Gasteiger partial charge in [-0.05, 0) is 0 Å². The smallest absolute Gasteiger partial charge is 0.397 e. The molecule has 0 spiro atoms. The van der Waals surface area contributed by atoms with E-state index in [0.717, 1.165) is 21.0 Å². The second kappa shape index (κ2) is 24.8. The average Bonchev–Trinajstić information content (AvgIpc) is 3.29. The second-order valence-electron chi connectivity index (χ2n) is 16.8. The van der Waals surface area contributed by atoms with E-state index in [4.69, 9.17) is 47.4 Å². The fourth-order valence-electron chi connectivity index (χ4n) is 8.21. The Balaban J connectivity index is 1.50. The number of aliphatic hydroxyl groups is 9. The van der Waals surface area contributed by atoms with Gasteiger partial charge in [-0.1, -0.05) is 0 Å². The topological polar surface area (TPSA) is 572 Å². The summed E-state index contributed by atoms with van der Waals surface area (Å²) in [5.74, 6) is -8.01. The van der Waals surface area contributed by atoms with Gasteiger partial charge in [0, 0.05) is 21.0 Å². The molecule has 37 nitrogen and oxygen atoms in total. The lowest BCUT2D eigenvalue weighted by molar-refractivity contribution is -0.373. The molecule has 5 aliphatic rings. The number of hydrogen-bond donors (Lipinski definition) is 16. The molecule has 2 amide bonds. The molecule has 10 unspecified atom stereocenters. The zero-order chi connectivity index (χ0) is 55.6. The van der Waals surface area contributed by atoms with E-state index in [1.54, 1.807) is 0 Å². The van der Waals surface area contributed by atoms with E-state index in [9.17, 15) is 111 Å². The van der Waals surface area contributed by atoms with Crippen LogP contribution in [0.4, 0.5) is 0 Å². The normalized spacial score (nSPS) is 43.2. The summed E-state index contributed by atoms with van der Waals surface area (Å²) in [4.78, 5) is 62.2. The Bertz CT molecular complexity index is 2210. The molecule has 16 N–H and O–H groups in total. The largest absolute Gasteiger partial charge is 0.479 e. The molecule has 0 aromatic carbocycles. The lowest BCUT2D eigenvalue weighted by Crippen LogP contribution is -2.71. The zero-order valence-corrected chi connectivity index (χ0v) is 39.6. The van der Waals surface area contributed by atoms with Crippen LogP contribution in [0, 0.1) is 0 Å². The van der Waals surface area contributed by atoms with Gasteiger partial charge in [0.25, 0.3) is 0 Å². The van der Waals surface area contributed by atoms with Crippen LogP contribution in [0.2, 0.25) is 0 Å². The van der Waals surface area contributed by atoms with E-state index in [1.165, 1.54) is 0 Å². The zero-order valence-electron chi connectivity index (χ0n) is 38.0. The van der Waals surface area contributed by atoms with E-state index in [1.807, 2.05) is 0 Å². The molecule has 5 heterocycles. The van der Waals surface area contributed by atoms with E-state index >= 15 is 0 Å². The minimum Gasteiger partial charge on any atom is -0.479 e. The number of aliphatic carboxylic acids is 3. The molecular formula is C35H54N2O35S2. The summed E-state index contributed by atoms with van der Waals surface area (Å²) in [6.45, 7) is -1.10. The Morgan fingerprint density at radius 1 is 0.432 bits per heavy atom. The molecule has 39 heteroatoms. The van der Waals surface area contributed by atoms with Crippen molar-refractivity contribution in [3.63, 3.8) is 0 Å². The van der Waals surface area contributed by atoms with Crippen LogP contribution in [0.25, 0.3) is 0 Å². The maximum Gasteiger partial charge on any atom is 0.397 e. The van der Waals surface area contributed by atoms with Gasteiger partial charge in [-0.25, -0.2) is 22.7 Å². The van der Waals surface area contributed by atoms with E-state index in [2.05, 4.69) is 19.0 Å². The quantitative estimate of drug-likeness (QED) is 0.0503. The number of hydrogen-bond acceptors (Lipinski definition) is 30. The number of aliphatic hydroxyl groups excluding tert-OH is 9. The van der Waals surface area contributed by atoms with Gasteiger partial charge in [0.15, 0.2) is 49.8 Å². The van der Waals surface area contributed by atoms with Crippen molar-refractivity contribution in [2.75, 3.05) is 20.3 Å². The lowest BCUT2D eigenvalue weighted by atomic mass is 9.93. The molecule has 0 aromatic heterocycles. The van der Waals surface area contributed by atoms with Gasteiger partial charge in [-0.15, -0.1) is 0 Å². The SMILES string of the molecule is CO[C@@H]1OC(C(=O)O)[C@@H](O[C@@H]2OC(COS(=O)(=O)O)[C@H](O)[C@H](O[C@@H]3OC(C(=O)O)[C@@H](O[C@@H]4OC(COS(=O)(=O)O)[C@H](O)[C@H](O[C@@H]5OC(C(=O)O)[C@@H](O)[C@H](O)C5O)C4NC(C)=O)[C@H](O)C3O)C2NC(C)=O)[C@H](O)C1O. The number of ether oxygens (including phenoxy) is 10. The van der Waals surface area contributed by atoms with Crippen molar-refractivity contribution in [3.8, 4) is 0 Å². The lowest BCUT2D eigenvalue weighted by Gasteiger charge is -2.50. The van der Waals surface area contributed by atoms with Gasteiger partial charge in [0.2, 0.25) is 11.8 Å². The van der Waals surface area contributed by atoms with Crippen molar-refractivity contribution in [1.82, 2.24) is 10.6 Å². The number of nitrogens with one attached hydrogen (secondary N) is 2. The molecule has 0 bridgehead atoms. The first kappa shape index (κ1) is 61.2. The third kappa shape index (κ3) is 14.5. The first-order valence-electron chi connectivity index (χ1n) is 21.3. The van der Waals surface area contributed by atoms with Gasteiger partial charge in [-0.3, -0.25) is 18.7 Å². The number of amides is 2. The van der Waals surface area contributed by atoms with Crippen molar-refractivity contribution in [2.24, 2.45) is 0 Å². The third-order valence-corrected chi connectivity index (χ3v) is 12.5. The highest BCUT2D eigenvalue weighted by Crippen LogP contribution is 2.36. The van der Waals surface area contributed by atoms with Crippen LogP contribution in [-0.4, -0.2) is 291 Å². The molecule has 5 saturated heterocycles. The first-order chi connectivity index (χ1) is 34.3. The predicted molar refractivity (Wildman–Crippen MR) is 217 cm³/mol. The Labute approximate surface area is 415 Å². The first-order valence-corrected chi connectivity index (χ1v) is 24.0. The van der Waals surface area contributed by atoms with Gasteiger partial charge < -0.3 is 119 Å². The van der Waals surface area contributed by atoms with Crippen LogP contribution in [0.15, 0.2) is 0 Å². The fraction of sp³-hybridized carbons (Fsp3) is 0.857. The van der Waals surface area contributed by atoms with Crippen molar-refractivity contribution in [1.29, 1.82) is 0 Å². The number of carboxylic acids is 3. The maximum absolute atomic E-state index is 12.9. The van der Waals surface area contributed by atoms with Crippen LogP contribution >= 0.6 is 0 Å². The highest BCUT2D eigenvalue weighted by molar-refractivity contribution is 7.81. The highest BCUT2D eigenvalue weighted by Gasteiger charge is 2.59. The van der Waals surface area contributed by atoms with Crippen molar-refractivity contribution >= 4 is 50.5 Å². The summed E-state index contributed by atoms with van der Waals surface area (Å²) in [7, 11) is -9.80. The Kier molecular flexibility index (Phi) is 20.5. The molecule has 426 valence electrons. The number of carbonyl (C=O) groups excluding carboxylic acids is 2. The summed E-state index contributed by atoms with van der Waals surface area (Å²) < 4.78 is 128. The standard InChI is InChI=1S/C35H54N2O35S2/c1-6(38)36-10-21(66-34-18(46)14(42)15(43)25(70-34)28(49)50)12(40)8(4-62-73(55,56)57)65-32(10)69-24-17(45)20(48)35(72-27(24)30(53)54)67-22-11(37-7(2)39)31(64-9(13(22)41)5-63-74(58,59)60)68-23-16(44)19(47)33(61-3)71-26(23)29(51)52/h8-27,31-35,40-48H,4-5H2,1-3H3,(H,36,38)(H,37,39)(H,49,50)(H,51,52)(H,53,54)(H,55,56,57)(H,58,59,60)/t8?,9?,10?,11?,12-,13-,14-,15-,16+,17+,18?,19?,20?,21+,22+,23-,24-,25?,26?,27?,31-,32-,33+,34+,35+/m0/s1. The molecule has 0 aromatic rings. The molecular weight excluding hydrogens is 1070 g/mol. The maximum atomic E-state index is 12.9. The molecule has 0 radical (unpaired) electrons. The molecule has 5 fully saturated rings. The molecule has 0 aliphatic carbocycles. The van der Waals surface area contributed by atoms with Gasteiger partial charge >= 0.3 is 38.7 Å². The molecule has 0 saturated carbocycles. The summed E-state index contributed by atoms with van der Waals surface area (Å²) >= 11 is 0. The second-order valence-corrected chi connectivity index (χ2v) is 19.0. The molecule has 5 aliphatic heterocycles. The minimum atomic E-state index is -5.39. The van der Waals surface area contributed by atoms with Crippen molar-refractivity contribution in [2.45, 2.75) is 167 Å². The van der Waals surface area contributed by atoms with E-state index in [-0.39, 0.29) is 0 Å². The summed E-state index contributed by atoms with van der Waals surface area (Å²) in [5.41, 5.74) is 0. The van der Waals surface area contributed by atoms with E-state index < -0.39 is 217 Å². The molecule has 74 heavy (non-hydrogen) atoms. The average molecular weight is 1130 g/mol. The molecule has 5 rings (SSSR count). The van der Waals surface area contributed by atoms with Crippen LogP contribution in [-0.2, 0) is 101 Å². The number of rotatable bonds is 20. The Morgan fingerprint density at radius 3 is 1.09 bits per heavy atom. The predicted octanol–water partition coefficient (Wildman–Crippen LogP) is -11.1. The summed E-state index contributed by atoms with van der Waals surface area (Å²) in [6.07, 6.45) is -53.5. The van der Waals surface area contributed by atoms with Crippen LogP contribution < -0.4 is 10.6 Å².